The molecule has 1 amide bonds. The minimum absolute atomic E-state index is 0.0739. The van der Waals surface area contributed by atoms with E-state index >= 15 is 0 Å². The van der Waals surface area contributed by atoms with Crippen LogP contribution in [0.5, 0.6) is 5.75 Å². The second-order valence-electron chi connectivity index (χ2n) is 5.16. The third-order valence-electron chi connectivity index (χ3n) is 3.36. The van der Waals surface area contributed by atoms with E-state index in [1.807, 2.05) is 31.3 Å². The molecule has 1 aromatic rings. The van der Waals surface area contributed by atoms with Gasteiger partial charge in [-0.2, -0.15) is 0 Å². The second-order valence-corrected chi connectivity index (χ2v) is 5.16. The predicted octanol–water partition coefficient (Wildman–Crippen LogP) is 2.58. The topological polar surface area (TPSA) is 55.6 Å². The van der Waals surface area contributed by atoms with Crippen molar-refractivity contribution in [1.29, 1.82) is 0 Å². The zero-order chi connectivity index (χ0) is 15.7. The molecular formula is C17H26N2O2. The smallest absolute Gasteiger partial charge is 0.226 e. The summed E-state index contributed by atoms with van der Waals surface area (Å²) in [5.41, 5.74) is 6.76. The Hall–Kier alpha value is -1.81. The van der Waals surface area contributed by atoms with E-state index < -0.39 is 0 Å². The van der Waals surface area contributed by atoms with Crippen molar-refractivity contribution in [2.75, 3.05) is 20.2 Å². The maximum absolute atomic E-state index is 12.3. The van der Waals surface area contributed by atoms with Crippen LogP contribution in [0, 0.1) is 5.92 Å². The highest BCUT2D eigenvalue weighted by atomic mass is 16.5. The third kappa shape index (κ3) is 5.60. The lowest BCUT2D eigenvalue weighted by molar-refractivity contribution is -0.134. The molecule has 1 atom stereocenters. The molecule has 116 valence electrons. The number of amides is 1. The number of benzene rings is 1. The fourth-order valence-corrected chi connectivity index (χ4v) is 2.20. The van der Waals surface area contributed by atoms with E-state index in [1.165, 1.54) is 0 Å². The number of hydrogen-bond acceptors (Lipinski definition) is 3. The largest absolute Gasteiger partial charge is 0.490 e. The molecule has 1 rings (SSSR count). The molecule has 0 aliphatic heterocycles. The van der Waals surface area contributed by atoms with Crippen LogP contribution in [-0.2, 0) is 11.3 Å². The molecule has 0 aliphatic carbocycles. The predicted molar refractivity (Wildman–Crippen MR) is 86.1 cm³/mol. The minimum atomic E-state index is -0.0739. The fourth-order valence-electron chi connectivity index (χ4n) is 2.20. The molecule has 21 heavy (non-hydrogen) atoms. The zero-order valence-electron chi connectivity index (χ0n) is 13.0. The van der Waals surface area contributed by atoms with Crippen LogP contribution in [0.15, 0.2) is 36.9 Å². The Morgan fingerprint density at radius 2 is 2.10 bits per heavy atom. The van der Waals surface area contributed by atoms with Crippen molar-refractivity contribution >= 4 is 5.91 Å². The fraction of sp³-hybridized carbons (Fsp3) is 0.471. The minimum Gasteiger partial charge on any atom is -0.490 e. The van der Waals surface area contributed by atoms with E-state index in [9.17, 15) is 4.79 Å². The van der Waals surface area contributed by atoms with E-state index in [-0.39, 0.29) is 11.8 Å². The molecule has 0 bridgehead atoms. The number of nitrogens with two attached hydrogens (primary N) is 1. The first-order valence-corrected chi connectivity index (χ1v) is 7.40. The average molecular weight is 290 g/mol. The molecule has 2 N–H and O–H groups in total. The quantitative estimate of drug-likeness (QED) is 0.711. The molecular weight excluding hydrogens is 264 g/mol. The van der Waals surface area contributed by atoms with Crippen LogP contribution >= 0.6 is 0 Å². The van der Waals surface area contributed by atoms with Crippen molar-refractivity contribution in [2.24, 2.45) is 11.7 Å². The van der Waals surface area contributed by atoms with Gasteiger partial charge < -0.3 is 15.4 Å². The highest BCUT2D eigenvalue weighted by Gasteiger charge is 2.19. The maximum Gasteiger partial charge on any atom is 0.226 e. The summed E-state index contributed by atoms with van der Waals surface area (Å²) in [5, 5.41) is 0. The molecule has 1 unspecified atom stereocenters. The monoisotopic (exact) mass is 290 g/mol. The maximum atomic E-state index is 12.3. The van der Waals surface area contributed by atoms with Gasteiger partial charge in [0.2, 0.25) is 5.91 Å². The van der Waals surface area contributed by atoms with Gasteiger partial charge in [-0.05, 0) is 24.1 Å². The number of carbonyl (C=O) groups excluding carboxylic acids is 1. The Kier molecular flexibility index (Phi) is 7.54. The summed E-state index contributed by atoms with van der Waals surface area (Å²) in [4.78, 5) is 14.0. The molecule has 0 saturated carbocycles. The van der Waals surface area contributed by atoms with Crippen molar-refractivity contribution in [2.45, 2.75) is 26.3 Å². The lowest BCUT2D eigenvalue weighted by Gasteiger charge is -2.23. The molecule has 0 aromatic heterocycles. The number of ether oxygens (including phenoxy) is 1. The molecule has 0 radical (unpaired) electrons. The lowest BCUT2D eigenvalue weighted by Crippen LogP contribution is -2.36. The third-order valence-corrected chi connectivity index (χ3v) is 3.36. The van der Waals surface area contributed by atoms with Crippen molar-refractivity contribution in [3.63, 3.8) is 0 Å². The molecule has 1 aromatic carbocycles. The normalized spacial score (nSPS) is 11.8. The summed E-state index contributed by atoms with van der Waals surface area (Å²) < 4.78 is 5.44. The molecule has 0 spiro atoms. The summed E-state index contributed by atoms with van der Waals surface area (Å²) >= 11 is 0. The standard InChI is InChI=1S/C17H26N2O2/c1-4-6-15(12-18)17(20)19(3)13-14-7-9-16(10-8-14)21-11-5-2/h5,7-10,15H,2,4,6,11-13,18H2,1,3H3. The molecule has 0 heterocycles. The summed E-state index contributed by atoms with van der Waals surface area (Å²) in [6.45, 7) is 7.16. The van der Waals surface area contributed by atoms with Crippen molar-refractivity contribution in [3.8, 4) is 5.75 Å². The van der Waals surface area contributed by atoms with Gasteiger partial charge in [-0.1, -0.05) is 38.1 Å². The van der Waals surface area contributed by atoms with Gasteiger partial charge in [-0.15, -0.1) is 0 Å². The number of carbonyl (C=O) groups is 1. The van der Waals surface area contributed by atoms with Gasteiger partial charge in [0, 0.05) is 20.1 Å². The highest BCUT2D eigenvalue weighted by Crippen LogP contribution is 2.15. The second kappa shape index (κ2) is 9.19. The van der Waals surface area contributed by atoms with E-state index in [2.05, 4.69) is 13.5 Å². The molecule has 4 nitrogen and oxygen atoms in total. The first kappa shape index (κ1) is 17.2. The Labute approximate surface area is 127 Å². The van der Waals surface area contributed by atoms with Gasteiger partial charge in [0.1, 0.15) is 12.4 Å². The Bertz CT molecular complexity index is 443. The van der Waals surface area contributed by atoms with Crippen molar-refractivity contribution in [1.82, 2.24) is 4.90 Å². The van der Waals surface area contributed by atoms with Crippen LogP contribution in [0.4, 0.5) is 0 Å². The highest BCUT2D eigenvalue weighted by molar-refractivity contribution is 5.78. The zero-order valence-corrected chi connectivity index (χ0v) is 13.0. The van der Waals surface area contributed by atoms with E-state index in [0.717, 1.165) is 24.2 Å². The van der Waals surface area contributed by atoms with Crippen LogP contribution in [0.25, 0.3) is 0 Å². The van der Waals surface area contributed by atoms with Crippen LogP contribution in [0.3, 0.4) is 0 Å². The van der Waals surface area contributed by atoms with Gasteiger partial charge >= 0.3 is 0 Å². The summed E-state index contributed by atoms with van der Waals surface area (Å²) in [6, 6.07) is 7.76. The van der Waals surface area contributed by atoms with Gasteiger partial charge in [0.25, 0.3) is 0 Å². The Morgan fingerprint density at radius 3 is 2.62 bits per heavy atom. The molecule has 0 aliphatic rings. The molecule has 0 fully saturated rings. The summed E-state index contributed by atoms with van der Waals surface area (Å²) in [6.07, 6.45) is 3.52. The van der Waals surface area contributed by atoms with Gasteiger partial charge in [-0.25, -0.2) is 0 Å². The summed E-state index contributed by atoms with van der Waals surface area (Å²) in [7, 11) is 1.82. The van der Waals surface area contributed by atoms with Crippen molar-refractivity contribution in [3.05, 3.63) is 42.5 Å². The number of rotatable bonds is 9. The molecule has 0 saturated heterocycles. The van der Waals surface area contributed by atoms with Gasteiger partial charge in [0.05, 0.1) is 5.92 Å². The first-order valence-electron chi connectivity index (χ1n) is 7.40. The van der Waals surface area contributed by atoms with Crippen LogP contribution in [0.2, 0.25) is 0 Å². The van der Waals surface area contributed by atoms with Crippen LogP contribution < -0.4 is 10.5 Å². The van der Waals surface area contributed by atoms with Gasteiger partial charge in [-0.3, -0.25) is 4.79 Å². The average Bonchev–Trinajstić information content (AvgIpc) is 2.51. The molecule has 4 heteroatoms. The lowest BCUT2D eigenvalue weighted by atomic mass is 10.0. The Balaban J connectivity index is 2.59. The van der Waals surface area contributed by atoms with Gasteiger partial charge in [0.15, 0.2) is 0 Å². The first-order chi connectivity index (χ1) is 10.1. The van der Waals surface area contributed by atoms with Crippen LogP contribution in [-0.4, -0.2) is 31.0 Å². The summed E-state index contributed by atoms with van der Waals surface area (Å²) in [5.74, 6) is 0.847. The van der Waals surface area contributed by atoms with E-state index in [4.69, 9.17) is 10.5 Å². The SMILES string of the molecule is C=CCOc1ccc(CN(C)C(=O)C(CN)CCC)cc1. The van der Waals surface area contributed by atoms with E-state index in [0.29, 0.717) is 19.7 Å². The van der Waals surface area contributed by atoms with E-state index in [1.54, 1.807) is 11.0 Å². The van der Waals surface area contributed by atoms with Crippen molar-refractivity contribution < 1.29 is 9.53 Å². The number of hydrogen-bond donors (Lipinski definition) is 1. The number of nitrogens with zero attached hydrogens (tertiary/aromatic N) is 1. The Morgan fingerprint density at radius 1 is 1.43 bits per heavy atom. The van der Waals surface area contributed by atoms with Crippen LogP contribution in [0.1, 0.15) is 25.3 Å².